The van der Waals surface area contributed by atoms with Crippen molar-refractivity contribution in [3.05, 3.63) is 40.3 Å². The number of aryl methyl sites for hydroxylation is 1. The van der Waals surface area contributed by atoms with E-state index in [2.05, 4.69) is 30.9 Å². The van der Waals surface area contributed by atoms with Gasteiger partial charge in [-0.1, -0.05) is 17.3 Å². The summed E-state index contributed by atoms with van der Waals surface area (Å²) in [5.41, 5.74) is 5.88. The van der Waals surface area contributed by atoms with Crippen molar-refractivity contribution in [2.45, 2.75) is 31.8 Å². The molecule has 17 heteroatoms. The molecule has 0 aromatic carbocycles. The second kappa shape index (κ2) is 12.0. The van der Waals surface area contributed by atoms with Crippen molar-refractivity contribution in [2.75, 3.05) is 18.1 Å². The van der Waals surface area contributed by atoms with Crippen LogP contribution < -0.4 is 45.7 Å². The van der Waals surface area contributed by atoms with Gasteiger partial charge in [-0.15, -0.1) is 33.3 Å². The van der Waals surface area contributed by atoms with E-state index in [-0.39, 0.29) is 70.7 Å². The van der Waals surface area contributed by atoms with Gasteiger partial charge in [-0.05, 0) is 24.6 Å². The molecule has 0 saturated carbocycles. The van der Waals surface area contributed by atoms with Crippen LogP contribution in [0.4, 0.5) is 5.13 Å². The largest absolute Gasteiger partial charge is 1.00 e. The van der Waals surface area contributed by atoms with E-state index in [0.717, 1.165) is 16.2 Å². The number of allylic oxidation sites excluding steroid dienone is 2. The molecule has 2 atom stereocenters. The minimum Gasteiger partial charge on any atom is -0.543 e. The van der Waals surface area contributed by atoms with Gasteiger partial charge in [0.2, 0.25) is 0 Å². The zero-order valence-electron chi connectivity index (χ0n) is 19.6. The number of β-lactam (4-membered cyclic amide) rings is 1. The Morgan fingerprint density at radius 3 is 2.83 bits per heavy atom. The van der Waals surface area contributed by atoms with Gasteiger partial charge in [0.15, 0.2) is 16.7 Å². The number of aliphatic carboxylic acids is 1. The molecule has 0 spiro atoms. The van der Waals surface area contributed by atoms with Crippen LogP contribution in [-0.2, 0) is 25.8 Å². The number of carboxylic acids is 1. The van der Waals surface area contributed by atoms with Gasteiger partial charge in [-0.25, -0.2) is 4.98 Å². The molecule has 1 fully saturated rings. The quantitative estimate of drug-likeness (QED) is 0.134. The number of thioether (sulfide) groups is 1. The summed E-state index contributed by atoms with van der Waals surface area (Å²) in [4.78, 5) is 49.2. The van der Waals surface area contributed by atoms with Gasteiger partial charge >= 0.3 is 29.6 Å². The number of aromatic nitrogens is 5. The van der Waals surface area contributed by atoms with Gasteiger partial charge < -0.3 is 25.8 Å². The summed E-state index contributed by atoms with van der Waals surface area (Å²) in [6, 6.07) is -0.961. The maximum Gasteiger partial charge on any atom is 1.00 e. The molecule has 0 aliphatic carbocycles. The van der Waals surface area contributed by atoms with Crippen LogP contribution >= 0.6 is 23.1 Å². The second-order valence-electron chi connectivity index (χ2n) is 7.24. The Kier molecular flexibility index (Phi) is 9.24. The number of fused-ring (bicyclic) bond motifs is 1. The normalized spacial score (nSPS) is 19.6. The minimum atomic E-state index is -1.49. The Bertz CT molecular complexity index is 1260. The Morgan fingerprint density at radius 2 is 2.22 bits per heavy atom. The van der Waals surface area contributed by atoms with Crippen molar-refractivity contribution in [3.8, 4) is 0 Å². The van der Waals surface area contributed by atoms with E-state index in [9.17, 15) is 19.5 Å². The van der Waals surface area contributed by atoms with Crippen molar-refractivity contribution in [1.29, 1.82) is 0 Å². The molecule has 2 amide bonds. The van der Waals surface area contributed by atoms with Crippen LogP contribution in [0.1, 0.15) is 18.4 Å². The van der Waals surface area contributed by atoms with E-state index >= 15 is 0 Å². The summed E-state index contributed by atoms with van der Waals surface area (Å²) < 4.78 is 0. The van der Waals surface area contributed by atoms with Crippen LogP contribution in [0.2, 0.25) is 0 Å². The van der Waals surface area contributed by atoms with Crippen molar-refractivity contribution in [2.24, 2.45) is 5.16 Å². The van der Waals surface area contributed by atoms with Crippen molar-refractivity contribution in [1.82, 2.24) is 35.4 Å². The number of hydrogen-bond donors (Lipinski definition) is 2. The van der Waals surface area contributed by atoms with E-state index < -0.39 is 29.2 Å². The van der Waals surface area contributed by atoms with Crippen molar-refractivity contribution in [3.63, 3.8) is 0 Å². The van der Waals surface area contributed by atoms with Crippen LogP contribution in [0.3, 0.4) is 0 Å². The first-order valence-corrected chi connectivity index (χ1v) is 12.2. The number of thiazole rings is 1. The fourth-order valence-electron chi connectivity index (χ4n) is 3.39. The number of carboxylic acid groups (broad SMARTS) is 1. The van der Waals surface area contributed by atoms with Gasteiger partial charge in [0.25, 0.3) is 11.8 Å². The minimum absolute atomic E-state index is 0. The Labute approximate surface area is 235 Å². The zero-order valence-corrected chi connectivity index (χ0v) is 23.2. The average molecular weight is 542 g/mol. The topological polar surface area (TPSA) is 194 Å². The van der Waals surface area contributed by atoms with Crippen LogP contribution in [0, 0.1) is 6.92 Å². The molecule has 2 aliphatic heterocycles. The number of nitrogens with one attached hydrogen (secondary N) is 1. The molecule has 1 unspecified atom stereocenters. The maximum atomic E-state index is 12.9. The van der Waals surface area contributed by atoms with Crippen LogP contribution in [-0.4, -0.2) is 77.4 Å². The molecule has 0 radical (unpaired) electrons. The van der Waals surface area contributed by atoms with Crippen LogP contribution in [0.15, 0.2) is 34.0 Å². The van der Waals surface area contributed by atoms with E-state index in [1.165, 1.54) is 16.6 Å². The molecule has 184 valence electrons. The molecule has 2 aromatic rings. The smallest absolute Gasteiger partial charge is 0.543 e. The maximum absolute atomic E-state index is 12.9. The average Bonchev–Trinajstić information content (AvgIpc) is 3.44. The summed E-state index contributed by atoms with van der Waals surface area (Å²) in [5.74, 6) is -1.96. The first kappa shape index (κ1) is 27.8. The first-order valence-electron chi connectivity index (χ1n) is 10.3. The summed E-state index contributed by atoms with van der Waals surface area (Å²) in [6.07, 6.45) is 3.26. The summed E-state index contributed by atoms with van der Waals surface area (Å²) in [5, 5.41) is 31.1. The molecule has 3 N–H and O–H groups in total. The number of carbonyl (C=O) groups excluding carboxylic acids is 3. The van der Waals surface area contributed by atoms with E-state index in [0.29, 0.717) is 11.4 Å². The van der Waals surface area contributed by atoms with Gasteiger partial charge in [-0.3, -0.25) is 14.5 Å². The van der Waals surface area contributed by atoms with E-state index in [1.54, 1.807) is 31.4 Å². The first-order chi connectivity index (χ1) is 16.8. The third-order valence-electron chi connectivity index (χ3n) is 4.88. The molecule has 2 aromatic heterocycles. The number of nitrogens with zero attached hydrogens (tertiary/aromatic N) is 7. The molecule has 14 nitrogen and oxygen atoms in total. The van der Waals surface area contributed by atoms with Crippen LogP contribution in [0.5, 0.6) is 0 Å². The molecule has 4 heterocycles. The summed E-state index contributed by atoms with van der Waals surface area (Å²) in [6.45, 7) is 3.89. The fourth-order valence-corrected chi connectivity index (χ4v) is 5.26. The number of tetrazole rings is 1. The number of carbonyl (C=O) groups is 3. The number of anilines is 1. The van der Waals surface area contributed by atoms with E-state index in [4.69, 9.17) is 10.6 Å². The van der Waals surface area contributed by atoms with E-state index in [1.807, 2.05) is 0 Å². The van der Waals surface area contributed by atoms with Crippen LogP contribution in [0.25, 0.3) is 0 Å². The number of hydrogen-bond acceptors (Lipinski definition) is 13. The Hall–Kier alpha value is -2.79. The summed E-state index contributed by atoms with van der Waals surface area (Å²) in [7, 11) is 0. The summed E-state index contributed by atoms with van der Waals surface area (Å²) >= 11 is 2.44. The molecule has 36 heavy (non-hydrogen) atoms. The number of rotatable bonds is 9. The molecular formula is C19H20N9NaO5S2. The standard InChI is InChI=1S/C19H21N9O5S2.Na/c1-3-33-25-12(11-8-35-19(20)21-11)15(29)22-13-16(30)28-14(18(31)32)10(7-34-17(13)28)5-4-6-27-24-9(2)23-26-27;/h4-5,8,13,17H,3,6-7H2,1-2H3,(H2,20,21)(H,22,29)(H,31,32);/q;+1/p-1/b5-4+,25-12?;/t13?,17-;/m1./s1. The number of amides is 2. The van der Waals surface area contributed by atoms with Gasteiger partial charge in [-0.2, -0.15) is 4.80 Å². The SMILES string of the molecule is CCON=C(C(=O)NC1C(=O)N2C(C(=O)[O-])=C(/C=C/Cn3nnc(C)n3)CS[C@H]12)c1csc(N)n1.[Na+]. The van der Waals surface area contributed by atoms with Gasteiger partial charge in [0.05, 0.1) is 18.2 Å². The third-order valence-corrected chi connectivity index (χ3v) is 6.86. The molecular weight excluding hydrogens is 521 g/mol. The van der Waals surface area contributed by atoms with Gasteiger partial charge in [0, 0.05) is 11.1 Å². The molecule has 0 bridgehead atoms. The zero-order chi connectivity index (χ0) is 25.1. The number of nitrogens with two attached hydrogens (primary N) is 1. The fraction of sp³-hybridized carbons (Fsp3) is 0.368. The predicted molar refractivity (Wildman–Crippen MR) is 123 cm³/mol. The van der Waals surface area contributed by atoms with Crippen molar-refractivity contribution < 1.29 is 53.9 Å². The monoisotopic (exact) mass is 541 g/mol. The van der Waals surface area contributed by atoms with Crippen molar-refractivity contribution >= 4 is 51.7 Å². The number of oxime groups is 1. The number of nitrogen functional groups attached to an aromatic ring is 1. The molecule has 2 aliphatic rings. The molecule has 1 saturated heterocycles. The predicted octanol–water partition coefficient (Wildman–Crippen LogP) is -4.57. The van der Waals surface area contributed by atoms with Gasteiger partial charge in [0.1, 0.15) is 23.7 Å². The third kappa shape index (κ3) is 5.78. The molecule has 4 rings (SSSR count). The Morgan fingerprint density at radius 1 is 1.44 bits per heavy atom. The Balaban J connectivity index is 0.00000361. The second-order valence-corrected chi connectivity index (χ2v) is 9.24.